The van der Waals surface area contributed by atoms with Crippen molar-refractivity contribution in [2.45, 2.75) is 17.3 Å². The van der Waals surface area contributed by atoms with E-state index in [0.29, 0.717) is 27.9 Å². The van der Waals surface area contributed by atoms with Crippen molar-refractivity contribution in [3.63, 3.8) is 0 Å². The number of hydrogen-bond donors (Lipinski definition) is 0. The van der Waals surface area contributed by atoms with Crippen molar-refractivity contribution >= 4 is 51.8 Å². The molecule has 0 amide bonds. The van der Waals surface area contributed by atoms with Crippen LogP contribution in [0.5, 0.6) is 0 Å². The Morgan fingerprint density at radius 2 is 1.76 bits per heavy atom. The van der Waals surface area contributed by atoms with Crippen molar-refractivity contribution in [2.24, 2.45) is 0 Å². The highest BCUT2D eigenvalue weighted by molar-refractivity contribution is 7.98. The van der Waals surface area contributed by atoms with Gasteiger partial charge in [-0.25, -0.2) is 15.0 Å². The molecular formula is C19H13Cl2N5O2S. The maximum absolute atomic E-state index is 10.8. The third kappa shape index (κ3) is 4.34. The molecule has 0 aliphatic carbocycles. The SMILES string of the molecule is O=[N+]([O-])c1ccc(CSc2ncnc3c2ncn3Cc2ccc(Cl)c(Cl)c2)cc1. The zero-order valence-electron chi connectivity index (χ0n) is 14.8. The molecule has 2 aromatic heterocycles. The minimum atomic E-state index is -0.411. The number of nitro groups is 1. The van der Waals surface area contributed by atoms with Gasteiger partial charge in [0.25, 0.3) is 5.69 Å². The molecule has 29 heavy (non-hydrogen) atoms. The maximum Gasteiger partial charge on any atom is 0.269 e. The van der Waals surface area contributed by atoms with Gasteiger partial charge in [-0.3, -0.25) is 10.1 Å². The van der Waals surface area contributed by atoms with Crippen LogP contribution in [0.3, 0.4) is 0 Å². The molecule has 0 saturated heterocycles. The van der Waals surface area contributed by atoms with Crippen molar-refractivity contribution < 1.29 is 4.92 Å². The number of benzene rings is 2. The highest BCUT2D eigenvalue weighted by Crippen LogP contribution is 2.28. The summed E-state index contributed by atoms with van der Waals surface area (Å²) in [4.78, 5) is 23.5. The number of halogens is 2. The summed E-state index contributed by atoms with van der Waals surface area (Å²) < 4.78 is 1.92. The molecule has 2 heterocycles. The largest absolute Gasteiger partial charge is 0.311 e. The lowest BCUT2D eigenvalue weighted by Crippen LogP contribution is -2.00. The molecule has 0 radical (unpaired) electrons. The van der Waals surface area contributed by atoms with E-state index in [1.54, 1.807) is 24.5 Å². The predicted octanol–water partition coefficient (Wildman–Crippen LogP) is 5.38. The third-order valence-electron chi connectivity index (χ3n) is 4.23. The summed E-state index contributed by atoms with van der Waals surface area (Å²) in [6, 6.07) is 12.0. The van der Waals surface area contributed by atoms with Crippen molar-refractivity contribution in [3.05, 3.63) is 86.4 Å². The highest BCUT2D eigenvalue weighted by Gasteiger charge is 2.12. The number of imidazole rings is 1. The molecule has 0 unspecified atom stereocenters. The number of hydrogen-bond acceptors (Lipinski definition) is 6. The lowest BCUT2D eigenvalue weighted by Gasteiger charge is -2.06. The molecule has 0 N–H and O–H groups in total. The fourth-order valence-corrected chi connectivity index (χ4v) is 4.00. The first-order valence-electron chi connectivity index (χ1n) is 8.47. The highest BCUT2D eigenvalue weighted by atomic mass is 35.5. The first-order chi connectivity index (χ1) is 14.0. The number of nitrogens with zero attached hydrogens (tertiary/aromatic N) is 5. The average molecular weight is 446 g/mol. The van der Waals surface area contributed by atoms with E-state index in [9.17, 15) is 10.1 Å². The number of non-ortho nitro benzene ring substituents is 1. The molecule has 0 spiro atoms. The van der Waals surface area contributed by atoms with Gasteiger partial charge in [-0.15, -0.1) is 0 Å². The molecule has 0 aliphatic heterocycles. The number of nitro benzene ring substituents is 1. The molecule has 0 saturated carbocycles. The van der Waals surface area contributed by atoms with Crippen LogP contribution < -0.4 is 0 Å². The van der Waals surface area contributed by atoms with E-state index in [4.69, 9.17) is 23.2 Å². The van der Waals surface area contributed by atoms with E-state index in [1.165, 1.54) is 30.2 Å². The Labute approximate surface area is 179 Å². The van der Waals surface area contributed by atoms with Gasteiger partial charge in [-0.2, -0.15) is 0 Å². The zero-order valence-corrected chi connectivity index (χ0v) is 17.2. The monoisotopic (exact) mass is 445 g/mol. The van der Waals surface area contributed by atoms with Crippen molar-refractivity contribution in [1.29, 1.82) is 0 Å². The molecule has 0 aliphatic rings. The summed E-state index contributed by atoms with van der Waals surface area (Å²) in [6.45, 7) is 0.552. The van der Waals surface area contributed by atoms with Gasteiger partial charge in [0, 0.05) is 17.9 Å². The van der Waals surface area contributed by atoms with Gasteiger partial charge in [0.05, 0.1) is 27.8 Å². The van der Waals surface area contributed by atoms with Crippen LogP contribution in [0.25, 0.3) is 11.2 Å². The van der Waals surface area contributed by atoms with Gasteiger partial charge in [0.1, 0.15) is 16.9 Å². The number of thioether (sulfide) groups is 1. The normalized spacial score (nSPS) is 11.1. The maximum atomic E-state index is 10.8. The summed E-state index contributed by atoms with van der Waals surface area (Å²) in [7, 11) is 0. The second-order valence-electron chi connectivity index (χ2n) is 6.18. The topological polar surface area (TPSA) is 86.7 Å². The zero-order chi connectivity index (χ0) is 20.4. The molecule has 7 nitrogen and oxygen atoms in total. The van der Waals surface area contributed by atoms with Crippen LogP contribution in [0.15, 0.2) is 60.1 Å². The molecule has 10 heteroatoms. The average Bonchev–Trinajstić information content (AvgIpc) is 3.13. The van der Waals surface area contributed by atoms with E-state index in [0.717, 1.165) is 21.8 Å². The van der Waals surface area contributed by atoms with Gasteiger partial charge in [0.2, 0.25) is 0 Å². The fourth-order valence-electron chi connectivity index (χ4n) is 2.78. The van der Waals surface area contributed by atoms with E-state index < -0.39 is 4.92 Å². The third-order valence-corrected chi connectivity index (χ3v) is 6.02. The Morgan fingerprint density at radius 1 is 1.00 bits per heavy atom. The van der Waals surface area contributed by atoms with Crippen LogP contribution in [0.1, 0.15) is 11.1 Å². The van der Waals surface area contributed by atoms with Crippen LogP contribution in [0.4, 0.5) is 5.69 Å². The minimum absolute atomic E-state index is 0.0734. The van der Waals surface area contributed by atoms with Crippen LogP contribution in [0.2, 0.25) is 10.0 Å². The lowest BCUT2D eigenvalue weighted by molar-refractivity contribution is -0.384. The van der Waals surface area contributed by atoms with E-state index in [1.807, 2.05) is 16.7 Å². The fraction of sp³-hybridized carbons (Fsp3) is 0.105. The Kier molecular flexibility index (Phi) is 5.66. The van der Waals surface area contributed by atoms with Gasteiger partial charge in [-0.1, -0.05) is 53.2 Å². The molecular weight excluding hydrogens is 433 g/mol. The lowest BCUT2D eigenvalue weighted by atomic mass is 10.2. The molecule has 2 aromatic carbocycles. The smallest absolute Gasteiger partial charge is 0.269 e. The Hall–Kier alpha value is -2.68. The summed E-state index contributed by atoms with van der Waals surface area (Å²) in [5.41, 5.74) is 3.45. The van der Waals surface area contributed by atoms with Gasteiger partial charge in [-0.05, 0) is 23.3 Å². The van der Waals surface area contributed by atoms with Crippen LogP contribution in [0, 0.1) is 10.1 Å². The number of fused-ring (bicyclic) bond motifs is 1. The molecule has 146 valence electrons. The Bertz CT molecular complexity index is 1200. The van der Waals surface area contributed by atoms with E-state index in [2.05, 4.69) is 15.0 Å². The Balaban J connectivity index is 1.53. The molecule has 0 fully saturated rings. The summed E-state index contributed by atoms with van der Waals surface area (Å²) in [6.07, 6.45) is 3.23. The first kappa shape index (κ1) is 19.6. The molecule has 4 rings (SSSR count). The molecule has 4 aromatic rings. The molecule has 0 atom stereocenters. The van der Waals surface area contributed by atoms with Crippen LogP contribution >= 0.6 is 35.0 Å². The summed E-state index contributed by atoms with van der Waals surface area (Å²) >= 11 is 13.6. The summed E-state index contributed by atoms with van der Waals surface area (Å²) in [5.74, 6) is 0.615. The van der Waals surface area contributed by atoms with Gasteiger partial charge < -0.3 is 4.57 Å². The first-order valence-corrected chi connectivity index (χ1v) is 10.2. The van der Waals surface area contributed by atoms with Crippen molar-refractivity contribution in [1.82, 2.24) is 19.5 Å². The Morgan fingerprint density at radius 3 is 2.48 bits per heavy atom. The summed E-state index contributed by atoms with van der Waals surface area (Å²) in [5, 5.41) is 12.5. The van der Waals surface area contributed by atoms with E-state index >= 15 is 0 Å². The van der Waals surface area contributed by atoms with Crippen molar-refractivity contribution in [2.75, 3.05) is 0 Å². The standard InChI is InChI=1S/C19H13Cl2N5O2S/c20-15-6-3-13(7-16(15)21)8-25-11-24-17-18(25)22-10-23-19(17)29-9-12-1-4-14(5-2-12)26(27)28/h1-7,10-11H,8-9H2. The second-order valence-corrected chi connectivity index (χ2v) is 7.96. The van der Waals surface area contributed by atoms with Crippen LogP contribution in [-0.4, -0.2) is 24.4 Å². The number of aromatic nitrogens is 4. The van der Waals surface area contributed by atoms with E-state index in [-0.39, 0.29) is 5.69 Å². The predicted molar refractivity (Wildman–Crippen MR) is 114 cm³/mol. The van der Waals surface area contributed by atoms with Crippen molar-refractivity contribution in [3.8, 4) is 0 Å². The quantitative estimate of drug-likeness (QED) is 0.171. The van der Waals surface area contributed by atoms with Crippen LogP contribution in [-0.2, 0) is 12.3 Å². The minimum Gasteiger partial charge on any atom is -0.311 e. The number of rotatable bonds is 6. The van der Waals surface area contributed by atoms with Gasteiger partial charge in [0.15, 0.2) is 5.65 Å². The van der Waals surface area contributed by atoms with Gasteiger partial charge >= 0.3 is 0 Å². The molecule has 0 bridgehead atoms. The second kappa shape index (κ2) is 8.36.